The fourth-order valence-corrected chi connectivity index (χ4v) is 2.39. The molecule has 0 amide bonds. The quantitative estimate of drug-likeness (QED) is 0.854. The SMILES string of the molecule is O=C(O)C1(N=S(=O)=O)CC1c1ccccc1. The van der Waals surface area contributed by atoms with Gasteiger partial charge in [-0.05, 0) is 12.0 Å². The van der Waals surface area contributed by atoms with Crippen LogP contribution < -0.4 is 0 Å². The average Bonchev–Trinajstić information content (AvgIpc) is 2.94. The summed E-state index contributed by atoms with van der Waals surface area (Å²) in [4.78, 5) is 11.0. The first-order valence-electron chi connectivity index (χ1n) is 4.67. The normalized spacial score (nSPS) is 27.1. The third-order valence-electron chi connectivity index (χ3n) is 2.74. The summed E-state index contributed by atoms with van der Waals surface area (Å²) in [6, 6.07) is 8.94. The minimum atomic E-state index is -2.69. The van der Waals surface area contributed by atoms with Gasteiger partial charge in [0.2, 0.25) is 0 Å². The monoisotopic (exact) mass is 239 g/mol. The first-order chi connectivity index (χ1) is 7.56. The number of carbonyl (C=O) groups is 1. The summed E-state index contributed by atoms with van der Waals surface area (Å²) in [6.45, 7) is 0. The molecule has 0 spiro atoms. The first kappa shape index (κ1) is 10.8. The summed E-state index contributed by atoms with van der Waals surface area (Å²) in [5.41, 5.74) is -0.673. The predicted octanol–water partition coefficient (Wildman–Crippen LogP) is 1.06. The molecule has 0 aliphatic heterocycles. The number of benzene rings is 1. The van der Waals surface area contributed by atoms with Gasteiger partial charge in [0.1, 0.15) is 0 Å². The van der Waals surface area contributed by atoms with Crippen molar-refractivity contribution in [3.05, 3.63) is 35.9 Å². The maximum Gasteiger partial charge on any atom is 0.333 e. The van der Waals surface area contributed by atoms with Crippen LogP contribution in [-0.2, 0) is 15.3 Å². The van der Waals surface area contributed by atoms with E-state index < -0.39 is 22.0 Å². The van der Waals surface area contributed by atoms with Gasteiger partial charge < -0.3 is 5.11 Å². The summed E-state index contributed by atoms with van der Waals surface area (Å²) in [7, 11) is -2.69. The van der Waals surface area contributed by atoms with Gasteiger partial charge in [0.15, 0.2) is 5.54 Å². The summed E-state index contributed by atoms with van der Waals surface area (Å²) in [6.07, 6.45) is 0.236. The smallest absolute Gasteiger partial charge is 0.333 e. The molecule has 1 N–H and O–H groups in total. The lowest BCUT2D eigenvalue weighted by Crippen LogP contribution is -2.21. The summed E-state index contributed by atoms with van der Waals surface area (Å²) in [5, 5.41) is 9.02. The van der Waals surface area contributed by atoms with E-state index >= 15 is 0 Å². The van der Waals surface area contributed by atoms with Crippen molar-refractivity contribution in [1.29, 1.82) is 0 Å². The van der Waals surface area contributed by atoms with E-state index in [2.05, 4.69) is 4.36 Å². The molecule has 2 atom stereocenters. The van der Waals surface area contributed by atoms with E-state index in [9.17, 15) is 13.2 Å². The van der Waals surface area contributed by atoms with Crippen molar-refractivity contribution in [1.82, 2.24) is 0 Å². The lowest BCUT2D eigenvalue weighted by molar-refractivity contribution is -0.139. The van der Waals surface area contributed by atoms with Gasteiger partial charge in [-0.15, -0.1) is 0 Å². The number of carboxylic acids is 1. The van der Waals surface area contributed by atoms with Crippen LogP contribution in [0.5, 0.6) is 0 Å². The molecule has 0 radical (unpaired) electrons. The Kier molecular flexibility index (Phi) is 2.51. The van der Waals surface area contributed by atoms with Crippen LogP contribution in [0.2, 0.25) is 0 Å². The zero-order valence-electron chi connectivity index (χ0n) is 8.20. The molecule has 1 aliphatic carbocycles. The molecule has 6 heteroatoms. The third-order valence-corrected chi connectivity index (χ3v) is 3.22. The van der Waals surface area contributed by atoms with E-state index in [0.29, 0.717) is 0 Å². The summed E-state index contributed by atoms with van der Waals surface area (Å²) in [5.74, 6) is -1.53. The number of hydrogen-bond donors (Lipinski definition) is 1. The molecule has 0 heterocycles. The van der Waals surface area contributed by atoms with Crippen LogP contribution in [0.4, 0.5) is 0 Å². The van der Waals surface area contributed by atoms with Gasteiger partial charge in [0, 0.05) is 5.92 Å². The number of hydrogen-bond acceptors (Lipinski definition) is 4. The zero-order chi connectivity index (χ0) is 11.8. The van der Waals surface area contributed by atoms with E-state index in [4.69, 9.17) is 5.11 Å². The molecule has 0 saturated heterocycles. The minimum absolute atomic E-state index is 0.236. The van der Waals surface area contributed by atoms with Crippen LogP contribution in [0, 0.1) is 0 Å². The Balaban J connectivity index is 2.37. The topological polar surface area (TPSA) is 83.8 Å². The third kappa shape index (κ3) is 1.71. The van der Waals surface area contributed by atoms with Crippen molar-refractivity contribution in [3.63, 3.8) is 0 Å². The van der Waals surface area contributed by atoms with Crippen LogP contribution in [0.25, 0.3) is 0 Å². The van der Waals surface area contributed by atoms with Crippen molar-refractivity contribution < 1.29 is 18.3 Å². The Morgan fingerprint density at radius 1 is 1.38 bits per heavy atom. The highest BCUT2D eigenvalue weighted by Gasteiger charge is 2.62. The van der Waals surface area contributed by atoms with Crippen LogP contribution in [0.3, 0.4) is 0 Å². The molecular weight excluding hydrogens is 230 g/mol. The van der Waals surface area contributed by atoms with Crippen LogP contribution in [0.1, 0.15) is 17.9 Å². The van der Waals surface area contributed by atoms with E-state index in [-0.39, 0.29) is 12.3 Å². The molecule has 1 aliphatic rings. The number of nitrogens with zero attached hydrogens (tertiary/aromatic N) is 1. The molecule has 16 heavy (non-hydrogen) atoms. The van der Waals surface area contributed by atoms with E-state index in [0.717, 1.165) is 5.56 Å². The molecule has 0 bridgehead atoms. The Hall–Kier alpha value is -1.69. The first-order valence-corrected chi connectivity index (χ1v) is 5.70. The largest absolute Gasteiger partial charge is 0.479 e. The van der Waals surface area contributed by atoms with Gasteiger partial charge in [0.05, 0.1) is 0 Å². The highest BCUT2D eigenvalue weighted by molar-refractivity contribution is 7.61. The average molecular weight is 239 g/mol. The molecule has 84 valence electrons. The molecule has 2 unspecified atom stereocenters. The molecule has 5 nitrogen and oxygen atoms in total. The number of aliphatic carboxylic acids is 1. The molecule has 1 aromatic rings. The molecule has 1 aromatic carbocycles. The highest BCUT2D eigenvalue weighted by atomic mass is 32.2. The molecular formula is C10H9NO4S. The Bertz CT molecular complexity index is 543. The van der Waals surface area contributed by atoms with Crippen molar-refractivity contribution in [2.75, 3.05) is 0 Å². The zero-order valence-corrected chi connectivity index (χ0v) is 9.02. The maximum atomic E-state index is 11.0. The van der Waals surface area contributed by atoms with Gasteiger partial charge in [-0.3, -0.25) is 0 Å². The van der Waals surface area contributed by atoms with E-state index in [1.165, 1.54) is 0 Å². The fourth-order valence-electron chi connectivity index (χ4n) is 1.84. The second-order valence-corrected chi connectivity index (χ2v) is 4.32. The van der Waals surface area contributed by atoms with Crippen molar-refractivity contribution in [2.45, 2.75) is 17.9 Å². The molecule has 1 fully saturated rings. The van der Waals surface area contributed by atoms with Gasteiger partial charge >= 0.3 is 16.5 Å². The lowest BCUT2D eigenvalue weighted by Gasteiger charge is -2.03. The van der Waals surface area contributed by atoms with Gasteiger partial charge in [-0.1, -0.05) is 30.3 Å². The standard InChI is InChI=1S/C10H9NO4S/c12-9(13)10(11-16(14)15)6-8(10)7-4-2-1-3-5-7/h1-5,8H,6H2,(H,12,13). The predicted molar refractivity (Wildman–Crippen MR) is 55.5 cm³/mol. The van der Waals surface area contributed by atoms with E-state index in [1.54, 1.807) is 24.3 Å². The lowest BCUT2D eigenvalue weighted by atomic mass is 10.1. The highest BCUT2D eigenvalue weighted by Crippen LogP contribution is 2.54. The van der Waals surface area contributed by atoms with Crippen LogP contribution >= 0.6 is 0 Å². The summed E-state index contributed by atoms with van der Waals surface area (Å²) >= 11 is 0. The Labute approximate surface area is 93.4 Å². The fraction of sp³-hybridized carbons (Fsp3) is 0.300. The summed E-state index contributed by atoms with van der Waals surface area (Å²) < 4.78 is 24.3. The molecule has 2 rings (SSSR count). The second kappa shape index (κ2) is 3.71. The van der Waals surface area contributed by atoms with E-state index in [1.807, 2.05) is 6.07 Å². The van der Waals surface area contributed by atoms with Crippen molar-refractivity contribution >= 4 is 16.5 Å². The maximum absolute atomic E-state index is 11.0. The van der Waals surface area contributed by atoms with Crippen LogP contribution in [0.15, 0.2) is 34.7 Å². The van der Waals surface area contributed by atoms with Gasteiger partial charge in [0.25, 0.3) is 0 Å². The van der Waals surface area contributed by atoms with Crippen molar-refractivity contribution in [2.24, 2.45) is 4.36 Å². The minimum Gasteiger partial charge on any atom is -0.479 e. The van der Waals surface area contributed by atoms with Crippen LogP contribution in [-0.4, -0.2) is 25.0 Å². The Morgan fingerprint density at radius 3 is 2.50 bits per heavy atom. The Morgan fingerprint density at radius 2 is 2.00 bits per heavy atom. The number of carboxylic acid groups (broad SMARTS) is 1. The number of rotatable bonds is 3. The molecule has 0 aromatic heterocycles. The van der Waals surface area contributed by atoms with Gasteiger partial charge in [-0.2, -0.15) is 12.8 Å². The van der Waals surface area contributed by atoms with Crippen molar-refractivity contribution in [3.8, 4) is 0 Å². The van der Waals surface area contributed by atoms with Gasteiger partial charge in [-0.25, -0.2) is 4.79 Å². The second-order valence-electron chi connectivity index (χ2n) is 3.71. The molecule has 1 saturated carbocycles.